The Bertz CT molecular complexity index is 709. The Balaban J connectivity index is 1.58. The maximum absolute atomic E-state index is 12.7. The van der Waals surface area contributed by atoms with Gasteiger partial charge in [-0.1, -0.05) is 10.3 Å². The summed E-state index contributed by atoms with van der Waals surface area (Å²) < 4.78 is 15.3. The number of hydrogen-bond donors (Lipinski definition) is 0. The van der Waals surface area contributed by atoms with Gasteiger partial charge in [0.25, 0.3) is 5.91 Å². The molecule has 0 bridgehead atoms. The number of methoxy groups -OCH3 is 1. The fourth-order valence-electron chi connectivity index (χ4n) is 3.05. The summed E-state index contributed by atoms with van der Waals surface area (Å²) in [7, 11) is 1.59. The molecule has 1 fully saturated rings. The predicted octanol–water partition coefficient (Wildman–Crippen LogP) is 1.92. The van der Waals surface area contributed by atoms with Crippen LogP contribution in [-0.2, 0) is 17.8 Å². The van der Waals surface area contributed by atoms with E-state index in [0.717, 1.165) is 37.2 Å². The molecule has 3 heterocycles. The second-order valence-electron chi connectivity index (χ2n) is 6.17. The van der Waals surface area contributed by atoms with Crippen LogP contribution in [0.15, 0.2) is 9.05 Å². The van der Waals surface area contributed by atoms with Crippen LogP contribution in [0, 0.1) is 19.8 Å². The van der Waals surface area contributed by atoms with Crippen LogP contribution in [-0.4, -0.2) is 46.3 Å². The molecular weight excluding hydrogens is 312 g/mol. The molecule has 24 heavy (non-hydrogen) atoms. The average Bonchev–Trinajstić information content (AvgIpc) is 3.27. The largest absolute Gasteiger partial charge is 0.380 e. The molecule has 8 heteroatoms. The first-order valence-electron chi connectivity index (χ1n) is 8.11. The summed E-state index contributed by atoms with van der Waals surface area (Å²) in [6, 6.07) is 0. The highest BCUT2D eigenvalue weighted by atomic mass is 16.5. The Kier molecular flexibility index (Phi) is 4.94. The Morgan fingerprint density at radius 3 is 2.88 bits per heavy atom. The summed E-state index contributed by atoms with van der Waals surface area (Å²) in [6.45, 7) is 5.34. The van der Waals surface area contributed by atoms with E-state index in [-0.39, 0.29) is 5.91 Å². The van der Waals surface area contributed by atoms with E-state index in [0.29, 0.717) is 36.4 Å². The SMILES string of the molecule is COCc1c(C(=O)N2CCC(CCc3noc(C)n3)C2)noc1C. The Morgan fingerprint density at radius 2 is 2.17 bits per heavy atom. The van der Waals surface area contributed by atoms with Gasteiger partial charge in [0, 0.05) is 33.5 Å². The van der Waals surface area contributed by atoms with E-state index >= 15 is 0 Å². The van der Waals surface area contributed by atoms with E-state index in [1.165, 1.54) is 0 Å². The minimum atomic E-state index is -0.0863. The lowest BCUT2D eigenvalue weighted by molar-refractivity contribution is 0.0772. The van der Waals surface area contributed by atoms with Crippen molar-refractivity contribution >= 4 is 5.91 Å². The van der Waals surface area contributed by atoms with Gasteiger partial charge in [0.2, 0.25) is 5.89 Å². The van der Waals surface area contributed by atoms with Gasteiger partial charge in [0.15, 0.2) is 11.5 Å². The molecule has 1 unspecified atom stereocenters. The Morgan fingerprint density at radius 1 is 1.33 bits per heavy atom. The molecule has 1 atom stereocenters. The number of amides is 1. The van der Waals surface area contributed by atoms with Crippen molar-refractivity contribution < 1.29 is 18.6 Å². The van der Waals surface area contributed by atoms with Crippen LogP contribution in [0.5, 0.6) is 0 Å². The summed E-state index contributed by atoms with van der Waals surface area (Å²) in [6.07, 6.45) is 2.67. The van der Waals surface area contributed by atoms with Crippen molar-refractivity contribution in [2.75, 3.05) is 20.2 Å². The second-order valence-corrected chi connectivity index (χ2v) is 6.17. The van der Waals surface area contributed by atoms with Crippen LogP contribution in [0.4, 0.5) is 0 Å². The zero-order valence-corrected chi connectivity index (χ0v) is 14.2. The van der Waals surface area contributed by atoms with Gasteiger partial charge >= 0.3 is 0 Å². The summed E-state index contributed by atoms with van der Waals surface area (Å²) in [5.74, 6) is 2.29. The zero-order chi connectivity index (χ0) is 17.1. The quantitative estimate of drug-likeness (QED) is 0.796. The number of ether oxygens (including phenoxy) is 1. The normalized spacial score (nSPS) is 17.6. The molecule has 8 nitrogen and oxygen atoms in total. The highest BCUT2D eigenvalue weighted by Gasteiger charge is 2.30. The van der Waals surface area contributed by atoms with Crippen LogP contribution in [0.3, 0.4) is 0 Å². The van der Waals surface area contributed by atoms with E-state index in [4.69, 9.17) is 13.8 Å². The van der Waals surface area contributed by atoms with Gasteiger partial charge in [-0.3, -0.25) is 4.79 Å². The topological polar surface area (TPSA) is 94.5 Å². The minimum absolute atomic E-state index is 0.0863. The lowest BCUT2D eigenvalue weighted by Gasteiger charge is -2.15. The molecule has 2 aromatic rings. The van der Waals surface area contributed by atoms with Crippen molar-refractivity contribution in [3.05, 3.63) is 28.7 Å². The number of aromatic nitrogens is 3. The number of rotatable bonds is 6. The van der Waals surface area contributed by atoms with Crippen molar-refractivity contribution in [2.24, 2.45) is 5.92 Å². The van der Waals surface area contributed by atoms with Crippen LogP contribution in [0.25, 0.3) is 0 Å². The smallest absolute Gasteiger partial charge is 0.276 e. The average molecular weight is 334 g/mol. The molecule has 0 N–H and O–H groups in total. The Hall–Kier alpha value is -2.22. The number of nitrogens with zero attached hydrogens (tertiary/aromatic N) is 4. The summed E-state index contributed by atoms with van der Waals surface area (Å²) in [5, 5.41) is 7.83. The van der Waals surface area contributed by atoms with E-state index in [1.807, 2.05) is 4.90 Å². The molecule has 0 radical (unpaired) electrons. The molecule has 0 aliphatic carbocycles. The number of carbonyl (C=O) groups is 1. The first kappa shape index (κ1) is 16.6. The van der Waals surface area contributed by atoms with Gasteiger partial charge in [-0.05, 0) is 25.7 Å². The number of aryl methyl sites for hydroxylation is 3. The highest BCUT2D eigenvalue weighted by Crippen LogP contribution is 2.24. The maximum atomic E-state index is 12.7. The molecule has 1 aliphatic rings. The van der Waals surface area contributed by atoms with Crippen molar-refractivity contribution in [3.8, 4) is 0 Å². The lowest BCUT2D eigenvalue weighted by atomic mass is 10.0. The van der Waals surface area contributed by atoms with E-state index in [1.54, 1.807) is 21.0 Å². The van der Waals surface area contributed by atoms with Gasteiger partial charge in [0.05, 0.1) is 12.2 Å². The third kappa shape index (κ3) is 3.48. The molecule has 1 amide bonds. The first-order valence-corrected chi connectivity index (χ1v) is 8.11. The van der Waals surface area contributed by atoms with E-state index in [9.17, 15) is 4.79 Å². The van der Waals surface area contributed by atoms with Crippen LogP contribution < -0.4 is 0 Å². The molecule has 1 saturated heterocycles. The predicted molar refractivity (Wildman–Crippen MR) is 83.3 cm³/mol. The van der Waals surface area contributed by atoms with Gasteiger partial charge in [-0.25, -0.2) is 0 Å². The zero-order valence-electron chi connectivity index (χ0n) is 14.2. The molecular formula is C16H22N4O4. The first-order chi connectivity index (χ1) is 11.6. The third-order valence-corrected chi connectivity index (χ3v) is 4.39. The second kappa shape index (κ2) is 7.12. The van der Waals surface area contributed by atoms with Crippen LogP contribution >= 0.6 is 0 Å². The van der Waals surface area contributed by atoms with Crippen LogP contribution in [0.1, 0.15) is 46.4 Å². The van der Waals surface area contributed by atoms with Crippen molar-refractivity contribution in [1.29, 1.82) is 0 Å². The lowest BCUT2D eigenvalue weighted by Crippen LogP contribution is -2.30. The maximum Gasteiger partial charge on any atom is 0.276 e. The third-order valence-electron chi connectivity index (χ3n) is 4.39. The standard InChI is InChI=1S/C16H22N4O4/c1-10-13(9-22-3)15(19-23-10)16(21)20-7-6-12(8-20)4-5-14-17-11(2)24-18-14/h12H,4-9H2,1-3H3. The molecule has 0 spiro atoms. The minimum Gasteiger partial charge on any atom is -0.380 e. The van der Waals surface area contributed by atoms with Gasteiger partial charge in [-0.15, -0.1) is 0 Å². The van der Waals surface area contributed by atoms with Crippen molar-refractivity contribution in [1.82, 2.24) is 20.2 Å². The fraction of sp³-hybridized carbons (Fsp3) is 0.625. The molecule has 2 aromatic heterocycles. The molecule has 3 rings (SSSR count). The van der Waals surface area contributed by atoms with E-state index in [2.05, 4.69) is 15.3 Å². The molecule has 1 aliphatic heterocycles. The molecule has 130 valence electrons. The number of hydrogen-bond acceptors (Lipinski definition) is 7. The summed E-state index contributed by atoms with van der Waals surface area (Å²) >= 11 is 0. The van der Waals surface area contributed by atoms with Gasteiger partial charge in [-0.2, -0.15) is 4.98 Å². The molecule has 0 saturated carbocycles. The highest BCUT2D eigenvalue weighted by molar-refractivity contribution is 5.94. The van der Waals surface area contributed by atoms with Gasteiger partial charge in [0.1, 0.15) is 5.76 Å². The van der Waals surface area contributed by atoms with Crippen LogP contribution in [0.2, 0.25) is 0 Å². The van der Waals surface area contributed by atoms with E-state index < -0.39 is 0 Å². The molecule has 0 aromatic carbocycles. The number of carbonyl (C=O) groups excluding carboxylic acids is 1. The number of likely N-dealkylation sites (tertiary alicyclic amines) is 1. The Labute approximate surface area is 140 Å². The van der Waals surface area contributed by atoms with Crippen molar-refractivity contribution in [2.45, 2.75) is 39.7 Å². The van der Waals surface area contributed by atoms with Crippen molar-refractivity contribution in [3.63, 3.8) is 0 Å². The van der Waals surface area contributed by atoms with Gasteiger partial charge < -0.3 is 18.7 Å². The monoisotopic (exact) mass is 334 g/mol. The summed E-state index contributed by atoms with van der Waals surface area (Å²) in [5.41, 5.74) is 1.09. The summed E-state index contributed by atoms with van der Waals surface area (Å²) in [4.78, 5) is 18.7. The fourth-order valence-corrected chi connectivity index (χ4v) is 3.05.